The monoisotopic (exact) mass is 317 g/mol. The van der Waals surface area contributed by atoms with Gasteiger partial charge in [-0.3, -0.25) is 4.79 Å². The van der Waals surface area contributed by atoms with Crippen LogP contribution in [0.25, 0.3) is 0 Å². The minimum Gasteiger partial charge on any atom is -0.399 e. The number of carbonyl (C=O) groups excluding carboxylic acids is 1. The Hall–Kier alpha value is -1.67. The number of sulfonamides is 1. The second-order valence-electron chi connectivity index (χ2n) is 4.40. The topological polar surface area (TPSA) is 92.5 Å². The molecule has 6 nitrogen and oxygen atoms in total. The zero-order valence-electron chi connectivity index (χ0n) is 12.1. The number of nitrogen functional groups attached to an aromatic ring is 1. The Labute approximate surface area is 124 Å². The number of nitrogens with two attached hydrogens (primary N) is 1. The number of nitrogens with zero attached hydrogens (tertiary/aromatic N) is 1. The first kappa shape index (κ1) is 17.4. The van der Waals surface area contributed by atoms with Gasteiger partial charge in [0.15, 0.2) is 0 Å². The maximum Gasteiger partial charge on any atom is 0.243 e. The molecule has 0 aliphatic heterocycles. The lowest BCUT2D eigenvalue weighted by Gasteiger charge is -2.18. The molecular formula is C13H20FN3O3S. The van der Waals surface area contributed by atoms with E-state index >= 15 is 0 Å². The fourth-order valence-electron chi connectivity index (χ4n) is 1.83. The van der Waals surface area contributed by atoms with Crippen LogP contribution in [-0.4, -0.2) is 38.9 Å². The van der Waals surface area contributed by atoms with Crippen LogP contribution in [-0.2, 0) is 14.8 Å². The van der Waals surface area contributed by atoms with E-state index in [1.54, 1.807) is 4.90 Å². The summed E-state index contributed by atoms with van der Waals surface area (Å²) in [6, 6.07) is 3.31. The van der Waals surface area contributed by atoms with E-state index in [-0.39, 0.29) is 24.6 Å². The van der Waals surface area contributed by atoms with Gasteiger partial charge in [0.05, 0.1) is 0 Å². The number of carbonyl (C=O) groups is 1. The highest BCUT2D eigenvalue weighted by molar-refractivity contribution is 7.89. The zero-order valence-corrected chi connectivity index (χ0v) is 12.9. The van der Waals surface area contributed by atoms with Gasteiger partial charge < -0.3 is 10.6 Å². The fraction of sp³-hybridized carbons (Fsp3) is 0.462. The minimum absolute atomic E-state index is 0.0187. The molecule has 0 bridgehead atoms. The van der Waals surface area contributed by atoms with Crippen molar-refractivity contribution in [3.8, 4) is 0 Å². The molecule has 0 aliphatic carbocycles. The molecule has 0 spiro atoms. The van der Waals surface area contributed by atoms with Crippen LogP contribution in [0.4, 0.5) is 10.1 Å². The van der Waals surface area contributed by atoms with Crippen molar-refractivity contribution >= 4 is 21.6 Å². The predicted octanol–water partition coefficient (Wildman–Crippen LogP) is 0.945. The number of benzene rings is 1. The molecule has 0 saturated carbocycles. The van der Waals surface area contributed by atoms with Gasteiger partial charge in [-0.2, -0.15) is 0 Å². The average Bonchev–Trinajstić information content (AvgIpc) is 2.42. The Morgan fingerprint density at radius 3 is 2.52 bits per heavy atom. The summed E-state index contributed by atoms with van der Waals surface area (Å²) in [5, 5.41) is 0. The molecule has 0 saturated heterocycles. The van der Waals surface area contributed by atoms with Crippen LogP contribution in [0, 0.1) is 5.82 Å². The Kier molecular flexibility index (Phi) is 6.10. The highest BCUT2D eigenvalue weighted by Gasteiger charge is 2.19. The summed E-state index contributed by atoms with van der Waals surface area (Å²) in [6.45, 7) is 4.71. The van der Waals surface area contributed by atoms with E-state index in [9.17, 15) is 17.6 Å². The van der Waals surface area contributed by atoms with E-state index < -0.39 is 20.7 Å². The molecule has 0 aliphatic rings. The molecule has 0 heterocycles. The molecule has 21 heavy (non-hydrogen) atoms. The van der Waals surface area contributed by atoms with Gasteiger partial charge in [-0.15, -0.1) is 0 Å². The lowest BCUT2D eigenvalue weighted by atomic mass is 10.3. The lowest BCUT2D eigenvalue weighted by Crippen LogP contribution is -2.34. The van der Waals surface area contributed by atoms with Crippen molar-refractivity contribution in [2.24, 2.45) is 0 Å². The van der Waals surface area contributed by atoms with E-state index in [2.05, 4.69) is 4.72 Å². The summed E-state index contributed by atoms with van der Waals surface area (Å²) in [6.07, 6.45) is 0.0187. The molecule has 0 radical (unpaired) electrons. The third-order valence-corrected chi connectivity index (χ3v) is 4.47. The van der Waals surface area contributed by atoms with Gasteiger partial charge in [0.1, 0.15) is 10.7 Å². The summed E-state index contributed by atoms with van der Waals surface area (Å²) in [5.74, 6) is -1.04. The first-order chi connectivity index (χ1) is 9.81. The number of rotatable bonds is 7. The second kappa shape index (κ2) is 7.37. The van der Waals surface area contributed by atoms with Crippen LogP contribution in [0.3, 0.4) is 0 Å². The van der Waals surface area contributed by atoms with Crippen molar-refractivity contribution < 1.29 is 17.6 Å². The van der Waals surface area contributed by atoms with Crippen molar-refractivity contribution in [2.75, 3.05) is 25.4 Å². The Morgan fingerprint density at radius 1 is 1.33 bits per heavy atom. The van der Waals surface area contributed by atoms with Crippen LogP contribution in [0.2, 0.25) is 0 Å². The van der Waals surface area contributed by atoms with Gasteiger partial charge in [0.25, 0.3) is 0 Å². The first-order valence-electron chi connectivity index (χ1n) is 6.64. The largest absolute Gasteiger partial charge is 0.399 e. The smallest absolute Gasteiger partial charge is 0.243 e. The van der Waals surface area contributed by atoms with Gasteiger partial charge in [-0.1, -0.05) is 0 Å². The van der Waals surface area contributed by atoms with Crippen molar-refractivity contribution in [3.63, 3.8) is 0 Å². The molecule has 118 valence electrons. The number of anilines is 1. The van der Waals surface area contributed by atoms with E-state index in [0.29, 0.717) is 13.1 Å². The number of amides is 1. The molecule has 0 atom stereocenters. The van der Waals surface area contributed by atoms with Crippen molar-refractivity contribution in [1.82, 2.24) is 9.62 Å². The van der Waals surface area contributed by atoms with Crippen molar-refractivity contribution in [3.05, 3.63) is 24.0 Å². The summed E-state index contributed by atoms with van der Waals surface area (Å²) in [4.78, 5) is 12.8. The van der Waals surface area contributed by atoms with E-state index in [1.807, 2.05) is 13.8 Å². The molecule has 1 aromatic rings. The number of hydrogen-bond acceptors (Lipinski definition) is 4. The molecule has 0 unspecified atom stereocenters. The summed E-state index contributed by atoms with van der Waals surface area (Å²) < 4.78 is 39.7. The van der Waals surface area contributed by atoms with Crippen LogP contribution >= 0.6 is 0 Å². The standard InChI is InChI=1S/C13H20FN3O3S/c1-3-17(4-2)13(18)7-8-16-21(19,20)12-9-10(15)5-6-11(12)14/h5-6,9,16H,3-4,7-8,15H2,1-2H3. The van der Waals surface area contributed by atoms with Gasteiger partial charge in [0.2, 0.25) is 15.9 Å². The Bertz CT molecular complexity index is 601. The first-order valence-corrected chi connectivity index (χ1v) is 8.12. The molecule has 0 aromatic heterocycles. The second-order valence-corrected chi connectivity index (χ2v) is 6.14. The number of halogens is 1. The third kappa shape index (κ3) is 4.68. The maximum atomic E-state index is 13.5. The van der Waals surface area contributed by atoms with Crippen molar-refractivity contribution in [1.29, 1.82) is 0 Å². The maximum absolute atomic E-state index is 13.5. The fourth-order valence-corrected chi connectivity index (χ4v) is 2.97. The Morgan fingerprint density at radius 2 is 1.95 bits per heavy atom. The van der Waals surface area contributed by atoms with Gasteiger partial charge >= 0.3 is 0 Å². The quantitative estimate of drug-likeness (QED) is 0.732. The third-order valence-electron chi connectivity index (χ3n) is 2.99. The lowest BCUT2D eigenvalue weighted by molar-refractivity contribution is -0.130. The Balaban J connectivity index is 2.70. The molecule has 1 amide bonds. The number of hydrogen-bond donors (Lipinski definition) is 2. The molecule has 1 aromatic carbocycles. The number of nitrogens with one attached hydrogen (secondary N) is 1. The van der Waals surface area contributed by atoms with Gasteiger partial charge in [0, 0.05) is 31.7 Å². The van der Waals surface area contributed by atoms with Crippen LogP contribution in [0.5, 0.6) is 0 Å². The molecule has 3 N–H and O–H groups in total. The average molecular weight is 317 g/mol. The van der Waals surface area contributed by atoms with E-state index in [4.69, 9.17) is 5.73 Å². The predicted molar refractivity (Wildman–Crippen MR) is 78.5 cm³/mol. The van der Waals surface area contributed by atoms with Gasteiger partial charge in [-0.25, -0.2) is 17.5 Å². The highest BCUT2D eigenvalue weighted by Crippen LogP contribution is 2.17. The van der Waals surface area contributed by atoms with E-state index in [1.165, 1.54) is 6.07 Å². The summed E-state index contributed by atoms with van der Waals surface area (Å²) in [7, 11) is -4.02. The molecule has 0 fully saturated rings. The van der Waals surface area contributed by atoms with Crippen LogP contribution < -0.4 is 10.5 Å². The van der Waals surface area contributed by atoms with Crippen molar-refractivity contribution in [2.45, 2.75) is 25.2 Å². The SMILES string of the molecule is CCN(CC)C(=O)CCNS(=O)(=O)c1cc(N)ccc1F. The minimum atomic E-state index is -4.02. The highest BCUT2D eigenvalue weighted by atomic mass is 32.2. The van der Waals surface area contributed by atoms with Crippen LogP contribution in [0.1, 0.15) is 20.3 Å². The normalized spacial score (nSPS) is 11.4. The van der Waals surface area contributed by atoms with E-state index in [0.717, 1.165) is 12.1 Å². The summed E-state index contributed by atoms with van der Waals surface area (Å²) in [5.41, 5.74) is 5.61. The molecule has 1 rings (SSSR count). The molecular weight excluding hydrogens is 297 g/mol. The van der Waals surface area contributed by atoms with Gasteiger partial charge in [-0.05, 0) is 32.0 Å². The molecule has 8 heteroatoms. The van der Waals surface area contributed by atoms with Crippen LogP contribution in [0.15, 0.2) is 23.1 Å². The summed E-state index contributed by atoms with van der Waals surface area (Å²) >= 11 is 0. The zero-order chi connectivity index (χ0) is 16.0.